The number of carbonyl (C=O) groups excluding carboxylic acids is 2. The summed E-state index contributed by atoms with van der Waals surface area (Å²) in [6.45, 7) is 6.93. The lowest BCUT2D eigenvalue weighted by Gasteiger charge is -2.41. The maximum atomic E-state index is 13.1. The molecule has 196 valence electrons. The van der Waals surface area contributed by atoms with E-state index in [4.69, 9.17) is 19.4 Å². The van der Waals surface area contributed by atoms with Crippen molar-refractivity contribution >= 4 is 18.0 Å². The van der Waals surface area contributed by atoms with Gasteiger partial charge in [-0.3, -0.25) is 9.78 Å². The Morgan fingerprint density at radius 1 is 1.06 bits per heavy atom. The largest absolute Gasteiger partial charge is 0.490 e. The van der Waals surface area contributed by atoms with Gasteiger partial charge in [-0.25, -0.2) is 9.59 Å². The number of hydrogen-bond donors (Lipinski definition) is 1. The molecule has 0 bridgehead atoms. The van der Waals surface area contributed by atoms with E-state index < -0.39 is 17.7 Å². The molecule has 0 saturated carbocycles. The molecule has 0 spiro atoms. The molecule has 1 N–H and O–H groups in total. The topological polar surface area (TPSA) is 109 Å². The summed E-state index contributed by atoms with van der Waals surface area (Å²) in [5.74, 6) is -2.21. The summed E-state index contributed by atoms with van der Waals surface area (Å²) in [5, 5.41) is 7.12. The van der Waals surface area contributed by atoms with E-state index in [-0.39, 0.29) is 24.6 Å². The van der Waals surface area contributed by atoms with E-state index in [0.717, 1.165) is 0 Å². The minimum absolute atomic E-state index is 0.0748. The Morgan fingerprint density at radius 2 is 1.69 bits per heavy atom. The zero-order valence-electron chi connectivity index (χ0n) is 20.1. The number of ether oxygens (including phenoxy) is 2. The Kier molecular flexibility index (Phi) is 9.65. The van der Waals surface area contributed by atoms with Crippen LogP contribution >= 0.6 is 0 Å². The van der Waals surface area contributed by atoms with Crippen LogP contribution in [0.3, 0.4) is 0 Å². The molecule has 36 heavy (non-hydrogen) atoms. The molecule has 1 aromatic carbocycles. The molecule has 1 fully saturated rings. The molecule has 9 nitrogen and oxygen atoms in total. The molecule has 3 rings (SSSR count). The van der Waals surface area contributed by atoms with Crippen LogP contribution in [0.1, 0.15) is 31.1 Å². The number of carbonyl (C=O) groups is 3. The van der Waals surface area contributed by atoms with Crippen LogP contribution in [-0.2, 0) is 9.53 Å². The highest BCUT2D eigenvalue weighted by molar-refractivity contribution is 5.94. The minimum Gasteiger partial charge on any atom is -0.490 e. The Morgan fingerprint density at radius 3 is 2.22 bits per heavy atom. The van der Waals surface area contributed by atoms with Crippen molar-refractivity contribution in [2.45, 2.75) is 38.6 Å². The summed E-state index contributed by atoms with van der Waals surface area (Å²) in [5.41, 5.74) is 0.0417. The Labute approximate surface area is 206 Å². The van der Waals surface area contributed by atoms with E-state index >= 15 is 0 Å². The van der Waals surface area contributed by atoms with Crippen molar-refractivity contribution in [2.24, 2.45) is 0 Å². The first-order chi connectivity index (χ1) is 16.8. The van der Waals surface area contributed by atoms with Crippen LogP contribution < -0.4 is 4.74 Å². The van der Waals surface area contributed by atoms with Crippen LogP contribution in [0.2, 0.25) is 0 Å². The predicted molar refractivity (Wildman–Crippen MR) is 122 cm³/mol. The predicted octanol–water partition coefficient (Wildman–Crippen LogP) is 3.86. The van der Waals surface area contributed by atoms with E-state index in [0.29, 0.717) is 30.9 Å². The lowest BCUT2D eigenvalue weighted by Crippen LogP contribution is -2.59. The van der Waals surface area contributed by atoms with Gasteiger partial charge in [0.15, 0.2) is 0 Å². The van der Waals surface area contributed by atoms with Crippen molar-refractivity contribution in [3.05, 3.63) is 60.4 Å². The van der Waals surface area contributed by atoms with Crippen LogP contribution in [0, 0.1) is 0 Å². The molecule has 1 atom stereocenters. The number of piperazine rings is 1. The fourth-order valence-corrected chi connectivity index (χ4v) is 3.13. The summed E-state index contributed by atoms with van der Waals surface area (Å²) < 4.78 is 43.1. The number of nitrogens with zero attached hydrogens (tertiary/aromatic N) is 3. The molecule has 2 aromatic rings. The normalized spacial score (nSPS) is 15.9. The van der Waals surface area contributed by atoms with Gasteiger partial charge in [-0.05, 0) is 45.0 Å². The van der Waals surface area contributed by atoms with Crippen LogP contribution in [0.4, 0.5) is 18.0 Å². The molecule has 1 aliphatic heterocycles. The molecule has 2 heterocycles. The zero-order valence-corrected chi connectivity index (χ0v) is 20.1. The number of pyridine rings is 1. The van der Waals surface area contributed by atoms with Crippen LogP contribution in [-0.4, -0.2) is 81.9 Å². The number of aliphatic carboxylic acids is 1. The molecule has 1 unspecified atom stereocenters. The van der Waals surface area contributed by atoms with Crippen molar-refractivity contribution in [2.75, 3.05) is 26.2 Å². The number of halogens is 3. The molecule has 2 amide bonds. The van der Waals surface area contributed by atoms with Crippen LogP contribution in [0.15, 0.2) is 54.9 Å². The molecule has 1 saturated heterocycles. The minimum atomic E-state index is -5.08. The van der Waals surface area contributed by atoms with Gasteiger partial charge in [0.1, 0.15) is 18.0 Å². The van der Waals surface area contributed by atoms with Gasteiger partial charge in [-0.15, -0.1) is 0 Å². The number of hydrogen-bond acceptors (Lipinski definition) is 6. The average Bonchev–Trinajstić information content (AvgIpc) is 2.82. The average molecular weight is 511 g/mol. The van der Waals surface area contributed by atoms with E-state index in [1.807, 2.05) is 45.0 Å². The lowest BCUT2D eigenvalue weighted by molar-refractivity contribution is -0.192. The molecule has 12 heteroatoms. The number of rotatable bonds is 4. The number of carboxylic acids is 1. The third kappa shape index (κ3) is 9.08. The van der Waals surface area contributed by atoms with Crippen LogP contribution in [0.5, 0.6) is 5.75 Å². The third-order valence-electron chi connectivity index (χ3n) is 4.74. The highest BCUT2D eigenvalue weighted by Crippen LogP contribution is 2.19. The Hall–Kier alpha value is -3.83. The van der Waals surface area contributed by atoms with Crippen molar-refractivity contribution in [3.63, 3.8) is 0 Å². The standard InChI is InChI=1S/C22H27N3O4.C2HF3O2/c1-22(2,3)29-21(27)24-12-13-25(20(26)17-8-5-4-6-9-17)18(15-24)16-28-19-10-7-11-23-14-19;3-2(4,5)1(6)7/h4-11,14,18H,12-13,15-16H2,1-3H3;(H,6,7). The van der Waals surface area contributed by atoms with Crippen molar-refractivity contribution in [3.8, 4) is 5.75 Å². The first-order valence-electron chi connectivity index (χ1n) is 10.9. The van der Waals surface area contributed by atoms with E-state index in [1.54, 1.807) is 40.4 Å². The second-order valence-electron chi connectivity index (χ2n) is 8.75. The maximum absolute atomic E-state index is 13.1. The van der Waals surface area contributed by atoms with Gasteiger partial charge < -0.3 is 24.4 Å². The monoisotopic (exact) mass is 511 g/mol. The molecular formula is C24H28F3N3O6. The van der Waals surface area contributed by atoms with Gasteiger partial charge in [-0.2, -0.15) is 13.2 Å². The first-order valence-corrected chi connectivity index (χ1v) is 10.9. The SMILES string of the molecule is CC(C)(C)OC(=O)N1CCN(C(=O)c2ccccc2)C(COc2cccnc2)C1.O=C(O)C(F)(F)F. The summed E-state index contributed by atoms with van der Waals surface area (Å²) in [4.78, 5) is 41.9. The van der Waals surface area contributed by atoms with E-state index in [2.05, 4.69) is 4.98 Å². The number of benzene rings is 1. The lowest BCUT2D eigenvalue weighted by atomic mass is 10.1. The number of aromatic nitrogens is 1. The summed E-state index contributed by atoms with van der Waals surface area (Å²) in [7, 11) is 0. The smallest absolute Gasteiger partial charge is 0.490 e. The second-order valence-corrected chi connectivity index (χ2v) is 8.75. The highest BCUT2D eigenvalue weighted by atomic mass is 19.4. The number of carboxylic acid groups (broad SMARTS) is 1. The van der Waals surface area contributed by atoms with Gasteiger partial charge in [0, 0.05) is 31.4 Å². The van der Waals surface area contributed by atoms with Crippen molar-refractivity contribution in [1.82, 2.24) is 14.8 Å². The molecular weight excluding hydrogens is 483 g/mol. The molecule has 0 radical (unpaired) electrons. The fraction of sp³-hybridized carbons (Fsp3) is 0.417. The maximum Gasteiger partial charge on any atom is 0.490 e. The Balaban J connectivity index is 0.000000572. The van der Waals surface area contributed by atoms with E-state index in [1.165, 1.54) is 0 Å². The van der Waals surface area contributed by atoms with Gasteiger partial charge in [0.2, 0.25) is 0 Å². The summed E-state index contributed by atoms with van der Waals surface area (Å²) >= 11 is 0. The van der Waals surface area contributed by atoms with Crippen LogP contribution in [0.25, 0.3) is 0 Å². The van der Waals surface area contributed by atoms with Gasteiger partial charge in [-0.1, -0.05) is 18.2 Å². The summed E-state index contributed by atoms with van der Waals surface area (Å²) in [6.07, 6.45) is -2.17. The number of alkyl halides is 3. The first kappa shape index (κ1) is 28.4. The summed E-state index contributed by atoms with van der Waals surface area (Å²) in [6, 6.07) is 12.4. The van der Waals surface area contributed by atoms with Gasteiger partial charge in [0.05, 0.1) is 12.2 Å². The number of amides is 2. The molecule has 0 aliphatic carbocycles. The van der Waals surface area contributed by atoms with Crippen molar-refractivity contribution in [1.29, 1.82) is 0 Å². The highest BCUT2D eigenvalue weighted by Gasteiger charge is 2.38. The van der Waals surface area contributed by atoms with Gasteiger partial charge >= 0.3 is 18.2 Å². The second kappa shape index (κ2) is 12.2. The van der Waals surface area contributed by atoms with Gasteiger partial charge in [0.25, 0.3) is 5.91 Å². The fourth-order valence-electron chi connectivity index (χ4n) is 3.13. The molecule has 1 aliphatic rings. The quantitative estimate of drug-likeness (QED) is 0.664. The van der Waals surface area contributed by atoms with Crippen molar-refractivity contribution < 1.29 is 42.1 Å². The Bertz CT molecular complexity index is 1010. The third-order valence-corrected chi connectivity index (χ3v) is 4.74. The zero-order chi connectivity index (χ0) is 26.9. The van der Waals surface area contributed by atoms with E-state index in [9.17, 15) is 22.8 Å². The molecule has 1 aromatic heterocycles.